The second kappa shape index (κ2) is 8.96. The molecule has 0 bridgehead atoms. The molecule has 3 rings (SSSR count). The number of sulfonamides is 1. The maximum absolute atomic E-state index is 13.8. The van der Waals surface area contributed by atoms with Gasteiger partial charge >= 0.3 is 5.97 Å². The Morgan fingerprint density at radius 3 is 2.33 bits per heavy atom. The zero-order valence-corrected chi connectivity index (χ0v) is 17.2. The van der Waals surface area contributed by atoms with Crippen LogP contribution in [0.1, 0.15) is 15.9 Å². The molecule has 156 valence electrons. The zero-order valence-electron chi connectivity index (χ0n) is 16.4. The maximum atomic E-state index is 13.8. The number of methoxy groups -OCH3 is 1. The van der Waals surface area contributed by atoms with Crippen LogP contribution in [0.15, 0.2) is 77.7 Å². The van der Waals surface area contributed by atoms with E-state index in [-0.39, 0.29) is 22.8 Å². The number of rotatable bonds is 7. The Kier molecular flexibility index (Phi) is 6.37. The van der Waals surface area contributed by atoms with Crippen molar-refractivity contribution in [2.75, 3.05) is 18.5 Å². The monoisotopic (exact) mass is 429 g/mol. The van der Waals surface area contributed by atoms with Crippen molar-refractivity contribution in [1.29, 1.82) is 0 Å². The van der Waals surface area contributed by atoms with Crippen LogP contribution in [0.3, 0.4) is 0 Å². The average Bonchev–Trinajstić information content (AvgIpc) is 2.77. The van der Waals surface area contributed by atoms with Gasteiger partial charge in [-0.2, -0.15) is 0 Å². The molecule has 0 amide bonds. The molecular formula is C22H20FNO5S. The summed E-state index contributed by atoms with van der Waals surface area (Å²) in [6.45, 7) is -0.220. The number of halogens is 1. The van der Waals surface area contributed by atoms with Gasteiger partial charge in [0.1, 0.15) is 11.5 Å². The lowest BCUT2D eigenvalue weighted by Gasteiger charge is -2.20. The first kappa shape index (κ1) is 21.3. The molecule has 0 fully saturated rings. The highest BCUT2D eigenvalue weighted by molar-refractivity contribution is 7.92. The van der Waals surface area contributed by atoms with Gasteiger partial charge in [0.05, 0.1) is 18.4 Å². The Hall–Kier alpha value is -3.39. The van der Waals surface area contributed by atoms with Gasteiger partial charge in [-0.05, 0) is 42.0 Å². The van der Waals surface area contributed by atoms with Crippen molar-refractivity contribution < 1.29 is 27.1 Å². The fraction of sp³-hybridized carbons (Fsp3) is 0.136. The van der Waals surface area contributed by atoms with Crippen molar-refractivity contribution >= 4 is 21.7 Å². The summed E-state index contributed by atoms with van der Waals surface area (Å²) in [7, 11) is -1.25. The summed E-state index contributed by atoms with van der Waals surface area (Å²) in [5.41, 5.74) is 0.757. The number of hydrogen-bond acceptors (Lipinski definition) is 5. The molecule has 0 N–H and O–H groups in total. The fourth-order valence-electron chi connectivity index (χ4n) is 2.81. The maximum Gasteiger partial charge on any atom is 0.339 e. The molecule has 0 aromatic heterocycles. The van der Waals surface area contributed by atoms with E-state index in [0.717, 1.165) is 4.31 Å². The normalized spacial score (nSPS) is 11.0. The lowest BCUT2D eigenvalue weighted by Crippen LogP contribution is -2.28. The van der Waals surface area contributed by atoms with Crippen molar-refractivity contribution in [2.45, 2.75) is 11.5 Å². The first-order valence-corrected chi connectivity index (χ1v) is 10.4. The first-order valence-electron chi connectivity index (χ1n) is 8.97. The quantitative estimate of drug-likeness (QED) is 0.531. The van der Waals surface area contributed by atoms with Gasteiger partial charge < -0.3 is 9.47 Å². The van der Waals surface area contributed by atoms with Gasteiger partial charge in [0, 0.05) is 7.05 Å². The molecule has 0 aliphatic rings. The first-order chi connectivity index (χ1) is 14.3. The molecular weight excluding hydrogens is 409 g/mol. The van der Waals surface area contributed by atoms with E-state index in [1.165, 1.54) is 44.5 Å². The third kappa shape index (κ3) is 4.44. The van der Waals surface area contributed by atoms with Crippen molar-refractivity contribution in [3.05, 3.63) is 89.7 Å². The van der Waals surface area contributed by atoms with E-state index in [9.17, 15) is 17.6 Å². The van der Waals surface area contributed by atoms with E-state index in [1.807, 2.05) is 0 Å². The van der Waals surface area contributed by atoms with Gasteiger partial charge in [0.2, 0.25) is 0 Å². The standard InChI is InChI=1S/C22H20FNO5S/c1-24(17-8-4-3-5-9-17)30(26,27)21-11-7-6-10-18(21)22(25)29-15-16-12-13-20(28-2)19(23)14-16/h3-14H,15H2,1-2H3. The number of nitrogens with zero attached hydrogens (tertiary/aromatic N) is 1. The minimum Gasteiger partial charge on any atom is -0.494 e. The van der Waals surface area contributed by atoms with Crippen LogP contribution in [0.5, 0.6) is 5.75 Å². The molecule has 30 heavy (non-hydrogen) atoms. The molecule has 3 aromatic rings. The highest BCUT2D eigenvalue weighted by atomic mass is 32.2. The Labute approximate surface area is 174 Å². The summed E-state index contributed by atoms with van der Waals surface area (Å²) in [5.74, 6) is -1.34. The van der Waals surface area contributed by atoms with Gasteiger partial charge in [0.25, 0.3) is 10.0 Å². The van der Waals surface area contributed by atoms with E-state index in [4.69, 9.17) is 9.47 Å². The molecule has 0 unspecified atom stereocenters. The minimum atomic E-state index is -4.01. The molecule has 0 atom stereocenters. The third-order valence-corrected chi connectivity index (χ3v) is 6.30. The van der Waals surface area contributed by atoms with E-state index in [0.29, 0.717) is 11.3 Å². The zero-order chi connectivity index (χ0) is 21.7. The summed E-state index contributed by atoms with van der Waals surface area (Å²) < 4.78 is 51.2. The highest BCUT2D eigenvalue weighted by Gasteiger charge is 2.27. The number of esters is 1. The van der Waals surface area contributed by atoms with Gasteiger partial charge in [-0.15, -0.1) is 0 Å². The summed E-state index contributed by atoms with van der Waals surface area (Å²) in [4.78, 5) is 12.5. The Morgan fingerprint density at radius 2 is 1.67 bits per heavy atom. The Balaban J connectivity index is 1.84. The molecule has 3 aromatic carbocycles. The van der Waals surface area contributed by atoms with Crippen LogP contribution < -0.4 is 9.04 Å². The number of para-hydroxylation sites is 1. The van der Waals surface area contributed by atoms with Crippen molar-refractivity contribution in [2.24, 2.45) is 0 Å². The smallest absolute Gasteiger partial charge is 0.339 e. The molecule has 0 aliphatic carbocycles. The number of benzene rings is 3. The van der Waals surface area contributed by atoms with E-state index in [2.05, 4.69) is 0 Å². The summed E-state index contributed by atoms with van der Waals surface area (Å²) in [6, 6.07) is 18.5. The van der Waals surface area contributed by atoms with E-state index >= 15 is 0 Å². The largest absolute Gasteiger partial charge is 0.494 e. The molecule has 0 aliphatic heterocycles. The Bertz CT molecular complexity index is 1150. The van der Waals surface area contributed by atoms with E-state index < -0.39 is 21.8 Å². The van der Waals surface area contributed by atoms with Gasteiger partial charge in [-0.1, -0.05) is 36.4 Å². The van der Waals surface area contributed by atoms with Crippen LogP contribution in [0, 0.1) is 5.82 Å². The third-order valence-electron chi connectivity index (χ3n) is 4.45. The predicted molar refractivity (Wildman–Crippen MR) is 111 cm³/mol. The van der Waals surface area contributed by atoms with Gasteiger partial charge in [-0.25, -0.2) is 17.6 Å². The molecule has 8 heteroatoms. The lowest BCUT2D eigenvalue weighted by molar-refractivity contribution is 0.0467. The molecule has 0 spiro atoms. The topological polar surface area (TPSA) is 72.9 Å². The molecule has 6 nitrogen and oxygen atoms in total. The van der Waals surface area contributed by atoms with Crippen LogP contribution in [-0.2, 0) is 21.4 Å². The van der Waals surface area contributed by atoms with Crippen LogP contribution in [0.2, 0.25) is 0 Å². The second-order valence-electron chi connectivity index (χ2n) is 6.35. The van der Waals surface area contributed by atoms with Crippen molar-refractivity contribution in [3.8, 4) is 5.75 Å². The number of carbonyl (C=O) groups is 1. The number of hydrogen-bond donors (Lipinski definition) is 0. The summed E-state index contributed by atoms with van der Waals surface area (Å²) in [6.07, 6.45) is 0. The molecule has 0 heterocycles. The summed E-state index contributed by atoms with van der Waals surface area (Å²) >= 11 is 0. The van der Waals surface area contributed by atoms with Crippen molar-refractivity contribution in [3.63, 3.8) is 0 Å². The van der Waals surface area contributed by atoms with Gasteiger partial charge in [-0.3, -0.25) is 4.31 Å². The molecule has 0 saturated carbocycles. The fourth-order valence-corrected chi connectivity index (χ4v) is 4.18. The highest BCUT2D eigenvalue weighted by Crippen LogP contribution is 2.25. The predicted octanol–water partition coefficient (Wildman–Crippen LogP) is 4.02. The van der Waals surface area contributed by atoms with E-state index in [1.54, 1.807) is 42.5 Å². The Morgan fingerprint density at radius 1 is 1.00 bits per heavy atom. The number of anilines is 1. The van der Waals surface area contributed by atoms with Crippen molar-refractivity contribution in [1.82, 2.24) is 0 Å². The van der Waals surface area contributed by atoms with Crippen LogP contribution in [0.25, 0.3) is 0 Å². The second-order valence-corrected chi connectivity index (χ2v) is 8.29. The van der Waals surface area contributed by atoms with Crippen LogP contribution >= 0.6 is 0 Å². The van der Waals surface area contributed by atoms with Gasteiger partial charge in [0.15, 0.2) is 11.6 Å². The average molecular weight is 429 g/mol. The SMILES string of the molecule is COc1ccc(COC(=O)c2ccccc2S(=O)(=O)N(C)c2ccccc2)cc1F. The lowest BCUT2D eigenvalue weighted by atomic mass is 10.2. The molecule has 0 radical (unpaired) electrons. The van der Waals surface area contributed by atoms with Crippen LogP contribution in [-0.4, -0.2) is 28.5 Å². The summed E-state index contributed by atoms with van der Waals surface area (Å²) in [5, 5.41) is 0. The minimum absolute atomic E-state index is 0.0745. The molecule has 0 saturated heterocycles. The number of ether oxygens (including phenoxy) is 2. The van der Waals surface area contributed by atoms with Crippen LogP contribution in [0.4, 0.5) is 10.1 Å². The number of carbonyl (C=O) groups excluding carboxylic acids is 1.